The standard InChI is InChI=1S/C20H38O2/c1-4-5-6-7-9-12-15-18(2)19(3)16-13-10-8-11-14-17-20(21)22/h4-17H2,1-3H3,(H,21,22). The molecule has 1 N–H and O–H groups in total. The lowest BCUT2D eigenvalue weighted by atomic mass is 9.98. The number of hydrogen-bond donors (Lipinski definition) is 1. The fourth-order valence-corrected chi connectivity index (χ4v) is 2.79. The van der Waals surface area contributed by atoms with Gasteiger partial charge in [0.2, 0.25) is 0 Å². The SMILES string of the molecule is CCCCCCCCC(C)=C(C)CCCCCCCC(=O)O. The number of aliphatic carboxylic acids is 1. The van der Waals surface area contributed by atoms with Crippen LogP contribution in [0.2, 0.25) is 0 Å². The topological polar surface area (TPSA) is 37.3 Å². The van der Waals surface area contributed by atoms with Crippen molar-refractivity contribution >= 4 is 5.97 Å². The van der Waals surface area contributed by atoms with Gasteiger partial charge in [-0.2, -0.15) is 0 Å². The largest absolute Gasteiger partial charge is 0.481 e. The molecule has 0 spiro atoms. The first-order valence-electron chi connectivity index (χ1n) is 9.45. The van der Waals surface area contributed by atoms with E-state index in [4.69, 9.17) is 5.11 Å². The Kier molecular flexibility index (Phi) is 14.6. The molecule has 0 radical (unpaired) electrons. The summed E-state index contributed by atoms with van der Waals surface area (Å²) >= 11 is 0. The highest BCUT2D eigenvalue weighted by Crippen LogP contribution is 2.19. The molecule has 2 nitrogen and oxygen atoms in total. The van der Waals surface area contributed by atoms with Crippen molar-refractivity contribution in [2.24, 2.45) is 0 Å². The van der Waals surface area contributed by atoms with E-state index in [0.29, 0.717) is 6.42 Å². The maximum absolute atomic E-state index is 10.4. The highest BCUT2D eigenvalue weighted by Gasteiger charge is 2.00. The second-order valence-electron chi connectivity index (χ2n) is 6.74. The second-order valence-corrected chi connectivity index (χ2v) is 6.74. The normalized spacial score (nSPS) is 12.3. The van der Waals surface area contributed by atoms with E-state index in [2.05, 4.69) is 20.8 Å². The van der Waals surface area contributed by atoms with Crippen LogP contribution in [0.4, 0.5) is 0 Å². The summed E-state index contributed by atoms with van der Waals surface area (Å²) in [6.45, 7) is 6.85. The van der Waals surface area contributed by atoms with Crippen LogP contribution in [0, 0.1) is 0 Å². The summed E-state index contributed by atoms with van der Waals surface area (Å²) in [5.74, 6) is -0.663. The van der Waals surface area contributed by atoms with Gasteiger partial charge in [0, 0.05) is 6.42 Å². The Hall–Kier alpha value is -0.790. The highest BCUT2D eigenvalue weighted by atomic mass is 16.4. The van der Waals surface area contributed by atoms with E-state index in [0.717, 1.165) is 12.8 Å². The number of carboxylic acids is 1. The first kappa shape index (κ1) is 21.2. The molecule has 0 heterocycles. The summed E-state index contributed by atoms with van der Waals surface area (Å²) in [6, 6.07) is 0. The molecule has 0 aromatic rings. The Morgan fingerprint density at radius 1 is 0.636 bits per heavy atom. The van der Waals surface area contributed by atoms with Crippen LogP contribution >= 0.6 is 0 Å². The molecule has 0 atom stereocenters. The summed E-state index contributed by atoms with van der Waals surface area (Å²) in [7, 11) is 0. The van der Waals surface area contributed by atoms with Gasteiger partial charge in [0.25, 0.3) is 0 Å². The van der Waals surface area contributed by atoms with Crippen molar-refractivity contribution in [2.75, 3.05) is 0 Å². The minimum atomic E-state index is -0.663. The zero-order valence-electron chi connectivity index (χ0n) is 15.3. The van der Waals surface area contributed by atoms with Crippen LogP contribution in [0.5, 0.6) is 0 Å². The second kappa shape index (κ2) is 15.1. The predicted octanol–water partition coefficient (Wildman–Crippen LogP) is 6.89. The van der Waals surface area contributed by atoms with Crippen molar-refractivity contribution in [1.82, 2.24) is 0 Å². The molecule has 2 heteroatoms. The summed E-state index contributed by atoms with van der Waals surface area (Å²) in [6.07, 6.45) is 16.6. The van der Waals surface area contributed by atoms with Crippen molar-refractivity contribution in [1.29, 1.82) is 0 Å². The van der Waals surface area contributed by atoms with E-state index >= 15 is 0 Å². The Labute approximate surface area is 138 Å². The first-order valence-corrected chi connectivity index (χ1v) is 9.45. The number of hydrogen-bond acceptors (Lipinski definition) is 1. The zero-order chi connectivity index (χ0) is 16.6. The third-order valence-electron chi connectivity index (χ3n) is 4.58. The molecule has 130 valence electrons. The van der Waals surface area contributed by atoms with Crippen LogP contribution in [0.3, 0.4) is 0 Å². The Balaban J connectivity index is 3.53. The smallest absolute Gasteiger partial charge is 0.303 e. The molecule has 22 heavy (non-hydrogen) atoms. The van der Waals surface area contributed by atoms with Crippen LogP contribution in [-0.4, -0.2) is 11.1 Å². The molecule has 0 aromatic carbocycles. The fraction of sp³-hybridized carbons (Fsp3) is 0.850. The number of carbonyl (C=O) groups is 1. The average molecular weight is 311 g/mol. The zero-order valence-corrected chi connectivity index (χ0v) is 15.3. The molecule has 0 aliphatic heterocycles. The van der Waals surface area contributed by atoms with Gasteiger partial charge in [0.05, 0.1) is 0 Å². The van der Waals surface area contributed by atoms with Gasteiger partial charge in [-0.25, -0.2) is 0 Å². The van der Waals surface area contributed by atoms with E-state index in [9.17, 15) is 4.79 Å². The van der Waals surface area contributed by atoms with Crippen molar-refractivity contribution in [2.45, 2.75) is 111 Å². The van der Waals surface area contributed by atoms with E-state index in [1.54, 1.807) is 11.1 Å². The van der Waals surface area contributed by atoms with Gasteiger partial charge in [0.1, 0.15) is 0 Å². The van der Waals surface area contributed by atoms with Crippen LogP contribution in [0.15, 0.2) is 11.1 Å². The van der Waals surface area contributed by atoms with Crippen molar-refractivity contribution in [3.05, 3.63) is 11.1 Å². The van der Waals surface area contributed by atoms with E-state index in [-0.39, 0.29) is 0 Å². The third kappa shape index (κ3) is 14.2. The van der Waals surface area contributed by atoms with Crippen molar-refractivity contribution in [3.8, 4) is 0 Å². The van der Waals surface area contributed by atoms with Gasteiger partial charge >= 0.3 is 5.97 Å². The predicted molar refractivity (Wildman–Crippen MR) is 96.3 cm³/mol. The van der Waals surface area contributed by atoms with Crippen LogP contribution in [0.1, 0.15) is 111 Å². The van der Waals surface area contributed by atoms with Gasteiger partial charge in [-0.15, -0.1) is 0 Å². The molecule has 0 amide bonds. The Bertz CT molecular complexity index is 305. The molecule has 0 bridgehead atoms. The number of carboxylic acid groups (broad SMARTS) is 1. The molecule has 0 aliphatic carbocycles. The van der Waals surface area contributed by atoms with Crippen molar-refractivity contribution in [3.63, 3.8) is 0 Å². The lowest BCUT2D eigenvalue weighted by molar-refractivity contribution is -0.137. The van der Waals surface area contributed by atoms with Gasteiger partial charge in [-0.1, -0.05) is 69.4 Å². The van der Waals surface area contributed by atoms with E-state index in [1.807, 2.05) is 0 Å². The summed E-state index contributed by atoms with van der Waals surface area (Å²) < 4.78 is 0. The van der Waals surface area contributed by atoms with Gasteiger partial charge in [-0.3, -0.25) is 4.79 Å². The van der Waals surface area contributed by atoms with Crippen LogP contribution in [-0.2, 0) is 4.79 Å². The van der Waals surface area contributed by atoms with Crippen LogP contribution in [0.25, 0.3) is 0 Å². The van der Waals surface area contributed by atoms with Gasteiger partial charge < -0.3 is 5.11 Å². The molecule has 0 aliphatic rings. The molecule has 0 aromatic heterocycles. The van der Waals surface area contributed by atoms with Gasteiger partial charge in [0.15, 0.2) is 0 Å². The number of unbranched alkanes of at least 4 members (excludes halogenated alkanes) is 9. The molecule has 0 saturated heterocycles. The lowest BCUT2D eigenvalue weighted by Gasteiger charge is -2.08. The van der Waals surface area contributed by atoms with Crippen LogP contribution < -0.4 is 0 Å². The molecule has 0 rings (SSSR count). The van der Waals surface area contributed by atoms with E-state index < -0.39 is 5.97 Å². The quantitative estimate of drug-likeness (QED) is 0.264. The number of rotatable bonds is 15. The molecular weight excluding hydrogens is 272 g/mol. The molecule has 0 unspecified atom stereocenters. The van der Waals surface area contributed by atoms with Crippen molar-refractivity contribution < 1.29 is 9.90 Å². The summed E-state index contributed by atoms with van der Waals surface area (Å²) in [5, 5.41) is 8.58. The maximum Gasteiger partial charge on any atom is 0.303 e. The first-order chi connectivity index (χ1) is 10.6. The minimum Gasteiger partial charge on any atom is -0.481 e. The average Bonchev–Trinajstić information content (AvgIpc) is 2.49. The molecule has 0 fully saturated rings. The summed E-state index contributed by atoms with van der Waals surface area (Å²) in [5.41, 5.74) is 3.18. The lowest BCUT2D eigenvalue weighted by Crippen LogP contribution is -1.93. The Morgan fingerprint density at radius 3 is 1.41 bits per heavy atom. The molecule has 0 saturated carbocycles. The van der Waals surface area contributed by atoms with Gasteiger partial charge in [-0.05, 0) is 46.0 Å². The third-order valence-corrected chi connectivity index (χ3v) is 4.58. The highest BCUT2D eigenvalue weighted by molar-refractivity contribution is 5.66. The van der Waals surface area contributed by atoms with E-state index in [1.165, 1.54) is 70.6 Å². The minimum absolute atomic E-state index is 0.330. The Morgan fingerprint density at radius 2 is 1.00 bits per heavy atom. The monoisotopic (exact) mass is 310 g/mol. The maximum atomic E-state index is 10.4. The molecular formula is C20H38O2. The number of allylic oxidation sites excluding steroid dienone is 2. The fourth-order valence-electron chi connectivity index (χ4n) is 2.79. The summed E-state index contributed by atoms with van der Waals surface area (Å²) in [4.78, 5) is 10.4.